The van der Waals surface area contributed by atoms with Gasteiger partial charge in [0.25, 0.3) is 0 Å². The van der Waals surface area contributed by atoms with Crippen molar-refractivity contribution in [2.75, 3.05) is 5.33 Å². The SMILES string of the molecule is Cc1c(CCBr)cnn1C. The topological polar surface area (TPSA) is 17.8 Å². The van der Waals surface area contributed by atoms with Crippen LogP contribution in [0.2, 0.25) is 0 Å². The number of rotatable bonds is 2. The standard InChI is InChI=1S/C7H11BrN2/c1-6-7(3-4-8)5-9-10(6)2/h5H,3-4H2,1-2H3. The van der Waals surface area contributed by atoms with Gasteiger partial charge in [0.2, 0.25) is 0 Å². The quantitative estimate of drug-likeness (QED) is 0.668. The summed E-state index contributed by atoms with van der Waals surface area (Å²) in [7, 11) is 1.97. The summed E-state index contributed by atoms with van der Waals surface area (Å²) in [5.41, 5.74) is 2.60. The molecule has 0 spiro atoms. The Balaban J connectivity index is 2.83. The van der Waals surface area contributed by atoms with Gasteiger partial charge in [-0.15, -0.1) is 0 Å². The van der Waals surface area contributed by atoms with E-state index in [0.717, 1.165) is 11.8 Å². The van der Waals surface area contributed by atoms with Gasteiger partial charge in [-0.3, -0.25) is 4.68 Å². The Morgan fingerprint density at radius 3 is 2.80 bits per heavy atom. The zero-order chi connectivity index (χ0) is 7.56. The van der Waals surface area contributed by atoms with Crippen molar-refractivity contribution in [2.45, 2.75) is 13.3 Å². The largest absolute Gasteiger partial charge is 0.273 e. The van der Waals surface area contributed by atoms with Gasteiger partial charge in [-0.05, 0) is 18.9 Å². The first-order valence-corrected chi connectivity index (χ1v) is 4.41. The molecule has 0 fully saturated rings. The number of aromatic nitrogens is 2. The van der Waals surface area contributed by atoms with Crippen LogP contribution in [0.15, 0.2) is 6.20 Å². The van der Waals surface area contributed by atoms with Crippen molar-refractivity contribution in [1.29, 1.82) is 0 Å². The molecule has 0 unspecified atom stereocenters. The Labute approximate surface area is 69.4 Å². The Morgan fingerprint density at radius 2 is 2.40 bits per heavy atom. The summed E-state index contributed by atoms with van der Waals surface area (Å²) in [6.07, 6.45) is 3.00. The summed E-state index contributed by atoms with van der Waals surface area (Å²) < 4.78 is 1.90. The summed E-state index contributed by atoms with van der Waals surface area (Å²) in [4.78, 5) is 0. The zero-order valence-corrected chi connectivity index (χ0v) is 7.85. The normalized spacial score (nSPS) is 10.3. The van der Waals surface area contributed by atoms with Crippen molar-refractivity contribution in [3.05, 3.63) is 17.5 Å². The first-order valence-electron chi connectivity index (χ1n) is 3.29. The minimum absolute atomic E-state index is 1.01. The maximum absolute atomic E-state index is 4.13. The Hall–Kier alpha value is -0.310. The molecular formula is C7H11BrN2. The highest BCUT2D eigenvalue weighted by Crippen LogP contribution is 2.06. The van der Waals surface area contributed by atoms with E-state index >= 15 is 0 Å². The highest BCUT2D eigenvalue weighted by atomic mass is 79.9. The molecule has 0 aliphatic carbocycles. The summed E-state index contributed by atoms with van der Waals surface area (Å²) in [6.45, 7) is 2.09. The van der Waals surface area contributed by atoms with Crippen LogP contribution in [0.5, 0.6) is 0 Å². The van der Waals surface area contributed by atoms with Crippen LogP contribution in [0.4, 0.5) is 0 Å². The van der Waals surface area contributed by atoms with E-state index in [1.54, 1.807) is 0 Å². The molecule has 0 aliphatic heterocycles. The van der Waals surface area contributed by atoms with E-state index in [1.165, 1.54) is 11.3 Å². The fourth-order valence-corrected chi connectivity index (χ4v) is 1.32. The zero-order valence-electron chi connectivity index (χ0n) is 6.26. The fraction of sp³-hybridized carbons (Fsp3) is 0.571. The maximum atomic E-state index is 4.13. The molecule has 1 heterocycles. The molecule has 10 heavy (non-hydrogen) atoms. The van der Waals surface area contributed by atoms with Crippen LogP contribution in [0.1, 0.15) is 11.3 Å². The summed E-state index contributed by atoms with van der Waals surface area (Å²) in [5.74, 6) is 0. The lowest BCUT2D eigenvalue weighted by Gasteiger charge is -1.95. The van der Waals surface area contributed by atoms with Crippen molar-refractivity contribution >= 4 is 15.9 Å². The van der Waals surface area contributed by atoms with E-state index in [2.05, 4.69) is 28.0 Å². The second kappa shape index (κ2) is 3.19. The first kappa shape index (κ1) is 7.79. The summed E-state index contributed by atoms with van der Waals surface area (Å²) in [5, 5.41) is 5.14. The Morgan fingerprint density at radius 1 is 1.70 bits per heavy atom. The molecule has 0 bridgehead atoms. The van der Waals surface area contributed by atoms with Crippen molar-refractivity contribution in [3.63, 3.8) is 0 Å². The summed E-state index contributed by atoms with van der Waals surface area (Å²) in [6, 6.07) is 0. The van der Waals surface area contributed by atoms with Crippen LogP contribution < -0.4 is 0 Å². The predicted molar refractivity (Wildman–Crippen MR) is 45.4 cm³/mol. The van der Waals surface area contributed by atoms with Crippen LogP contribution in [0, 0.1) is 6.92 Å². The van der Waals surface area contributed by atoms with Crippen molar-refractivity contribution in [3.8, 4) is 0 Å². The van der Waals surface area contributed by atoms with E-state index in [0.29, 0.717) is 0 Å². The molecule has 1 aromatic rings. The number of hydrogen-bond donors (Lipinski definition) is 0. The van der Waals surface area contributed by atoms with E-state index in [4.69, 9.17) is 0 Å². The molecule has 2 nitrogen and oxygen atoms in total. The van der Waals surface area contributed by atoms with Gasteiger partial charge in [0.15, 0.2) is 0 Å². The number of alkyl halides is 1. The third-order valence-corrected chi connectivity index (χ3v) is 2.10. The minimum Gasteiger partial charge on any atom is -0.273 e. The number of aryl methyl sites for hydroxylation is 2. The average Bonchev–Trinajstić information content (AvgIpc) is 2.20. The Kier molecular flexibility index (Phi) is 2.49. The molecule has 3 heteroatoms. The third-order valence-electron chi connectivity index (χ3n) is 1.70. The highest BCUT2D eigenvalue weighted by Gasteiger charge is 2.00. The molecule has 56 valence electrons. The smallest absolute Gasteiger partial charge is 0.0524 e. The monoisotopic (exact) mass is 202 g/mol. The van der Waals surface area contributed by atoms with Gasteiger partial charge in [-0.1, -0.05) is 15.9 Å². The molecule has 0 saturated carbocycles. The van der Waals surface area contributed by atoms with E-state index in [9.17, 15) is 0 Å². The molecule has 1 aromatic heterocycles. The third kappa shape index (κ3) is 1.40. The maximum Gasteiger partial charge on any atom is 0.0524 e. The number of halogens is 1. The molecule has 0 amide bonds. The van der Waals surface area contributed by atoms with Crippen LogP contribution in [0.3, 0.4) is 0 Å². The fourth-order valence-electron chi connectivity index (χ4n) is 0.891. The lowest BCUT2D eigenvalue weighted by molar-refractivity contribution is 0.738. The second-order valence-electron chi connectivity index (χ2n) is 2.32. The molecule has 0 atom stereocenters. The second-order valence-corrected chi connectivity index (χ2v) is 3.11. The number of hydrogen-bond acceptors (Lipinski definition) is 1. The van der Waals surface area contributed by atoms with Crippen LogP contribution in [-0.2, 0) is 13.5 Å². The van der Waals surface area contributed by atoms with Gasteiger partial charge >= 0.3 is 0 Å². The first-order chi connectivity index (χ1) is 4.75. The minimum atomic E-state index is 1.01. The van der Waals surface area contributed by atoms with E-state index < -0.39 is 0 Å². The number of nitrogens with zero attached hydrogens (tertiary/aromatic N) is 2. The lowest BCUT2D eigenvalue weighted by Crippen LogP contribution is -1.94. The highest BCUT2D eigenvalue weighted by molar-refractivity contribution is 9.09. The summed E-state index contributed by atoms with van der Waals surface area (Å²) >= 11 is 3.39. The van der Waals surface area contributed by atoms with Gasteiger partial charge < -0.3 is 0 Å². The Bertz CT molecular complexity index is 217. The van der Waals surface area contributed by atoms with E-state index in [-0.39, 0.29) is 0 Å². The molecule has 0 saturated heterocycles. The van der Waals surface area contributed by atoms with Gasteiger partial charge in [0, 0.05) is 18.1 Å². The average molecular weight is 203 g/mol. The molecule has 0 aromatic carbocycles. The van der Waals surface area contributed by atoms with Crippen LogP contribution in [-0.4, -0.2) is 15.1 Å². The van der Waals surface area contributed by atoms with Crippen molar-refractivity contribution in [1.82, 2.24) is 9.78 Å². The van der Waals surface area contributed by atoms with Crippen molar-refractivity contribution < 1.29 is 0 Å². The van der Waals surface area contributed by atoms with E-state index in [1.807, 2.05) is 17.9 Å². The molecule has 0 N–H and O–H groups in total. The van der Waals surface area contributed by atoms with Gasteiger partial charge in [-0.25, -0.2) is 0 Å². The predicted octanol–water partition coefficient (Wildman–Crippen LogP) is 1.67. The van der Waals surface area contributed by atoms with Gasteiger partial charge in [-0.2, -0.15) is 5.10 Å². The molecule has 0 radical (unpaired) electrons. The van der Waals surface area contributed by atoms with Crippen LogP contribution in [0.25, 0.3) is 0 Å². The van der Waals surface area contributed by atoms with Gasteiger partial charge in [0.1, 0.15) is 0 Å². The molecule has 0 aliphatic rings. The molecule has 1 rings (SSSR count). The van der Waals surface area contributed by atoms with Crippen molar-refractivity contribution in [2.24, 2.45) is 7.05 Å². The van der Waals surface area contributed by atoms with Crippen LogP contribution >= 0.6 is 15.9 Å². The van der Waals surface area contributed by atoms with Gasteiger partial charge in [0.05, 0.1) is 6.20 Å². The molecular weight excluding hydrogens is 192 g/mol. The lowest BCUT2D eigenvalue weighted by atomic mass is 10.2.